The zero-order chi connectivity index (χ0) is 13.1. The van der Waals surface area contributed by atoms with Gasteiger partial charge >= 0.3 is 5.97 Å². The van der Waals surface area contributed by atoms with E-state index in [1.54, 1.807) is 24.3 Å². The van der Waals surface area contributed by atoms with Gasteiger partial charge in [0.25, 0.3) is 0 Å². The summed E-state index contributed by atoms with van der Waals surface area (Å²) in [6.45, 7) is 5.40. The molecule has 0 aliphatic heterocycles. The molecule has 0 saturated carbocycles. The predicted octanol–water partition coefficient (Wildman–Crippen LogP) is 2.06. The van der Waals surface area contributed by atoms with Crippen LogP contribution in [0.15, 0.2) is 24.3 Å². The number of carboxylic acid groups (broad SMARTS) is 1. The van der Waals surface area contributed by atoms with Crippen molar-refractivity contribution in [1.29, 1.82) is 0 Å². The molecule has 4 heteroatoms. The van der Waals surface area contributed by atoms with Crippen LogP contribution in [-0.2, 0) is 11.4 Å². The van der Waals surface area contributed by atoms with E-state index in [0.717, 1.165) is 5.56 Å². The van der Waals surface area contributed by atoms with Gasteiger partial charge in [0.2, 0.25) is 0 Å². The summed E-state index contributed by atoms with van der Waals surface area (Å²) in [7, 11) is 0. The topological polar surface area (TPSA) is 66.8 Å². The molecule has 1 unspecified atom stereocenters. The van der Waals surface area contributed by atoms with Crippen LogP contribution in [0.3, 0.4) is 0 Å². The average molecular weight is 238 g/mol. The highest BCUT2D eigenvalue weighted by atomic mass is 16.5. The first-order chi connectivity index (χ1) is 7.84. The summed E-state index contributed by atoms with van der Waals surface area (Å²) in [6.07, 6.45) is -0.900. The number of hydrogen-bond donors (Lipinski definition) is 2. The summed E-state index contributed by atoms with van der Waals surface area (Å²) >= 11 is 0. The molecular weight excluding hydrogens is 220 g/mol. The zero-order valence-electron chi connectivity index (χ0n) is 10.3. The second kappa shape index (κ2) is 5.19. The highest BCUT2D eigenvalue weighted by molar-refractivity contribution is 5.73. The Labute approximate surface area is 101 Å². The van der Waals surface area contributed by atoms with Gasteiger partial charge in [0, 0.05) is 5.41 Å². The van der Waals surface area contributed by atoms with Crippen molar-refractivity contribution in [3.8, 4) is 5.75 Å². The monoisotopic (exact) mass is 238 g/mol. The van der Waals surface area contributed by atoms with Crippen LogP contribution in [0.25, 0.3) is 0 Å². The summed E-state index contributed by atoms with van der Waals surface area (Å²) in [5.41, 5.74) is 0.279. The average Bonchev–Trinajstić information content (AvgIpc) is 2.24. The molecule has 0 spiro atoms. The third kappa shape index (κ3) is 3.75. The van der Waals surface area contributed by atoms with Crippen molar-refractivity contribution in [3.05, 3.63) is 29.8 Å². The lowest BCUT2D eigenvalue weighted by Gasteiger charge is -2.27. The van der Waals surface area contributed by atoms with Gasteiger partial charge in [-0.3, -0.25) is 0 Å². The first-order valence-corrected chi connectivity index (χ1v) is 5.44. The van der Waals surface area contributed by atoms with E-state index in [0.29, 0.717) is 5.75 Å². The maximum absolute atomic E-state index is 11.1. The molecule has 0 bridgehead atoms. The number of aliphatic carboxylic acids is 1. The second-order valence-corrected chi connectivity index (χ2v) is 5.00. The highest BCUT2D eigenvalue weighted by Crippen LogP contribution is 2.25. The molecule has 0 amide bonds. The fourth-order valence-electron chi connectivity index (χ4n) is 1.41. The van der Waals surface area contributed by atoms with Crippen LogP contribution >= 0.6 is 0 Å². The molecule has 94 valence electrons. The van der Waals surface area contributed by atoms with Gasteiger partial charge in [0.1, 0.15) is 5.75 Å². The fraction of sp³-hybridized carbons (Fsp3) is 0.462. The van der Waals surface area contributed by atoms with E-state index >= 15 is 0 Å². The molecule has 1 atom stereocenters. The Kier molecular flexibility index (Phi) is 4.12. The van der Waals surface area contributed by atoms with Crippen molar-refractivity contribution in [2.45, 2.75) is 33.5 Å². The molecule has 1 aromatic rings. The van der Waals surface area contributed by atoms with E-state index in [9.17, 15) is 4.79 Å². The van der Waals surface area contributed by atoms with E-state index in [2.05, 4.69) is 0 Å². The highest BCUT2D eigenvalue weighted by Gasteiger charge is 2.33. The van der Waals surface area contributed by atoms with E-state index < -0.39 is 17.5 Å². The molecule has 2 N–H and O–H groups in total. The Balaban J connectivity index is 2.83. The molecule has 0 radical (unpaired) electrons. The number of aliphatic hydroxyl groups excluding tert-OH is 1. The zero-order valence-corrected chi connectivity index (χ0v) is 10.3. The Hall–Kier alpha value is -1.55. The molecule has 0 aliphatic carbocycles. The Bertz CT molecular complexity index is 375. The van der Waals surface area contributed by atoms with Crippen LogP contribution in [0, 0.1) is 5.41 Å². The predicted molar refractivity (Wildman–Crippen MR) is 63.9 cm³/mol. The first kappa shape index (κ1) is 13.5. The summed E-state index contributed by atoms with van der Waals surface area (Å²) in [5, 5.41) is 18.0. The molecule has 0 aliphatic rings. The molecular formula is C13H18O4. The van der Waals surface area contributed by atoms with E-state index in [1.165, 1.54) is 0 Å². The number of hydrogen-bond acceptors (Lipinski definition) is 3. The summed E-state index contributed by atoms with van der Waals surface area (Å²) in [4.78, 5) is 11.1. The lowest BCUT2D eigenvalue weighted by atomic mass is 9.89. The Morgan fingerprint density at radius 2 is 1.82 bits per heavy atom. The van der Waals surface area contributed by atoms with Gasteiger partial charge in [-0.2, -0.15) is 0 Å². The van der Waals surface area contributed by atoms with Crippen LogP contribution < -0.4 is 4.74 Å². The summed E-state index contributed by atoms with van der Waals surface area (Å²) < 4.78 is 5.46. The number of aliphatic hydroxyl groups is 1. The van der Waals surface area contributed by atoms with Crippen LogP contribution in [0.2, 0.25) is 0 Å². The number of rotatable bonds is 4. The maximum Gasteiger partial charge on any atom is 0.345 e. The normalized spacial score (nSPS) is 13.2. The van der Waals surface area contributed by atoms with Crippen LogP contribution in [0.1, 0.15) is 26.3 Å². The van der Waals surface area contributed by atoms with Crippen molar-refractivity contribution in [2.24, 2.45) is 5.41 Å². The third-order valence-electron chi connectivity index (χ3n) is 2.37. The van der Waals surface area contributed by atoms with Gasteiger partial charge in [-0.05, 0) is 17.7 Å². The van der Waals surface area contributed by atoms with Crippen LogP contribution in [-0.4, -0.2) is 22.3 Å². The summed E-state index contributed by atoms with van der Waals surface area (Å²) in [5.74, 6) is -0.492. The molecule has 1 aromatic carbocycles. The smallest absolute Gasteiger partial charge is 0.345 e. The number of benzene rings is 1. The molecule has 0 heterocycles. The summed E-state index contributed by atoms with van der Waals surface area (Å²) in [6, 6.07) is 6.73. The molecule has 4 nitrogen and oxygen atoms in total. The Morgan fingerprint density at radius 1 is 1.29 bits per heavy atom. The van der Waals surface area contributed by atoms with E-state index in [-0.39, 0.29) is 6.61 Å². The molecule has 17 heavy (non-hydrogen) atoms. The van der Waals surface area contributed by atoms with Gasteiger partial charge in [-0.15, -0.1) is 0 Å². The quantitative estimate of drug-likeness (QED) is 0.842. The number of ether oxygens (including phenoxy) is 1. The van der Waals surface area contributed by atoms with Gasteiger partial charge in [-0.25, -0.2) is 4.79 Å². The number of carbonyl (C=O) groups is 1. The second-order valence-electron chi connectivity index (χ2n) is 5.00. The van der Waals surface area contributed by atoms with Crippen LogP contribution in [0.4, 0.5) is 0 Å². The van der Waals surface area contributed by atoms with Crippen molar-refractivity contribution in [2.75, 3.05) is 0 Å². The maximum atomic E-state index is 11.1. The minimum Gasteiger partial charge on any atom is -0.478 e. The molecule has 0 fully saturated rings. The van der Waals surface area contributed by atoms with Crippen molar-refractivity contribution in [3.63, 3.8) is 0 Å². The number of carboxylic acids is 1. The third-order valence-corrected chi connectivity index (χ3v) is 2.37. The van der Waals surface area contributed by atoms with Crippen molar-refractivity contribution < 1.29 is 19.7 Å². The van der Waals surface area contributed by atoms with Gasteiger partial charge in [-0.1, -0.05) is 32.9 Å². The first-order valence-electron chi connectivity index (χ1n) is 5.44. The van der Waals surface area contributed by atoms with Gasteiger partial charge in [0.15, 0.2) is 6.10 Å². The standard InChI is InChI=1S/C13H18O4/c1-13(2,3)11(12(15)16)17-10-6-4-9(8-14)5-7-10/h4-7,11,14H,8H2,1-3H3,(H,15,16). The molecule has 0 aromatic heterocycles. The van der Waals surface area contributed by atoms with Gasteiger partial charge < -0.3 is 14.9 Å². The minimum atomic E-state index is -0.983. The minimum absolute atomic E-state index is 0.0398. The van der Waals surface area contributed by atoms with Gasteiger partial charge in [0.05, 0.1) is 6.61 Å². The van der Waals surface area contributed by atoms with Crippen LogP contribution in [0.5, 0.6) is 5.75 Å². The molecule has 1 rings (SSSR count). The van der Waals surface area contributed by atoms with Crippen molar-refractivity contribution >= 4 is 5.97 Å². The molecule has 0 saturated heterocycles. The van der Waals surface area contributed by atoms with Crippen molar-refractivity contribution in [1.82, 2.24) is 0 Å². The largest absolute Gasteiger partial charge is 0.478 e. The lowest BCUT2D eigenvalue weighted by Crippen LogP contribution is -2.39. The van der Waals surface area contributed by atoms with E-state index in [1.807, 2.05) is 20.8 Å². The SMILES string of the molecule is CC(C)(C)C(Oc1ccc(CO)cc1)C(=O)O. The lowest BCUT2D eigenvalue weighted by molar-refractivity contribution is -0.150. The fourth-order valence-corrected chi connectivity index (χ4v) is 1.41. The van der Waals surface area contributed by atoms with E-state index in [4.69, 9.17) is 14.9 Å². The Morgan fingerprint density at radius 3 is 2.18 bits per heavy atom.